The maximum absolute atomic E-state index is 12.2. The lowest BCUT2D eigenvalue weighted by Crippen LogP contribution is -2.46. The number of benzene rings is 1. The number of amides is 1. The van der Waals surface area contributed by atoms with Crippen molar-refractivity contribution in [2.75, 3.05) is 18.4 Å². The number of carbonyl (C=O) groups excluding carboxylic acids is 1. The number of halogens is 2. The van der Waals surface area contributed by atoms with Gasteiger partial charge in [0.1, 0.15) is 0 Å². The van der Waals surface area contributed by atoms with Crippen LogP contribution in [0.4, 0.5) is 5.69 Å². The molecule has 1 heterocycles. The highest BCUT2D eigenvalue weighted by molar-refractivity contribution is 9.10. The Kier molecular flexibility index (Phi) is 7.32. The number of likely N-dealkylation sites (tertiary alicyclic amines) is 1. The van der Waals surface area contributed by atoms with Crippen molar-refractivity contribution in [3.8, 4) is 0 Å². The van der Waals surface area contributed by atoms with Gasteiger partial charge in [-0.3, -0.25) is 14.5 Å². The number of anilines is 1. The minimum atomic E-state index is -0.735. The van der Waals surface area contributed by atoms with Crippen LogP contribution in [-0.2, 0) is 9.59 Å². The van der Waals surface area contributed by atoms with E-state index in [0.717, 1.165) is 10.2 Å². The molecule has 5 nitrogen and oxygen atoms in total. The van der Waals surface area contributed by atoms with Crippen LogP contribution in [0.15, 0.2) is 28.7 Å². The molecule has 1 aliphatic heterocycles. The standard InChI is InChI=1S/C15H19BrN2O3.ClH/c1-10(18-8-6-11(7-9-18)15(20)21)14(19)17-13-4-2-12(16)3-5-13;/h2-5,10-11H,6-9H2,1H3,(H,17,19)(H,20,21);1H. The first kappa shape index (κ1) is 18.9. The smallest absolute Gasteiger partial charge is 0.306 e. The molecule has 1 saturated heterocycles. The molecule has 0 aliphatic carbocycles. The Labute approximate surface area is 144 Å². The summed E-state index contributed by atoms with van der Waals surface area (Å²) in [6, 6.07) is 7.16. The summed E-state index contributed by atoms with van der Waals surface area (Å²) in [5.74, 6) is -1.07. The van der Waals surface area contributed by atoms with Gasteiger partial charge in [0.2, 0.25) is 5.91 Å². The van der Waals surface area contributed by atoms with Crippen molar-refractivity contribution >= 4 is 45.9 Å². The van der Waals surface area contributed by atoms with Gasteiger partial charge in [-0.2, -0.15) is 0 Å². The molecule has 0 saturated carbocycles. The van der Waals surface area contributed by atoms with Gasteiger partial charge in [-0.1, -0.05) is 15.9 Å². The summed E-state index contributed by atoms with van der Waals surface area (Å²) in [6.07, 6.45) is 1.20. The van der Waals surface area contributed by atoms with E-state index in [1.54, 1.807) is 0 Å². The summed E-state index contributed by atoms with van der Waals surface area (Å²) < 4.78 is 0.962. The number of rotatable bonds is 4. The fraction of sp³-hybridized carbons (Fsp3) is 0.467. The molecule has 0 aromatic heterocycles. The first-order valence-electron chi connectivity index (χ1n) is 7.00. The highest BCUT2D eigenvalue weighted by Crippen LogP contribution is 2.20. The summed E-state index contributed by atoms with van der Waals surface area (Å²) in [5, 5.41) is 11.9. The van der Waals surface area contributed by atoms with Gasteiger partial charge in [-0.15, -0.1) is 12.4 Å². The second-order valence-electron chi connectivity index (χ2n) is 5.32. The summed E-state index contributed by atoms with van der Waals surface area (Å²) in [4.78, 5) is 25.2. The first-order valence-corrected chi connectivity index (χ1v) is 7.80. The molecule has 1 aliphatic rings. The third kappa shape index (κ3) is 4.97. The van der Waals surface area contributed by atoms with Crippen LogP contribution in [0.25, 0.3) is 0 Å². The predicted octanol–water partition coefficient (Wildman–Crippen LogP) is 2.99. The second-order valence-corrected chi connectivity index (χ2v) is 6.24. The molecule has 1 fully saturated rings. The Balaban J connectivity index is 0.00000242. The molecule has 22 heavy (non-hydrogen) atoms. The van der Waals surface area contributed by atoms with Crippen LogP contribution >= 0.6 is 28.3 Å². The van der Waals surface area contributed by atoms with Gasteiger partial charge in [0.05, 0.1) is 12.0 Å². The molecule has 1 amide bonds. The number of hydrogen-bond donors (Lipinski definition) is 2. The largest absolute Gasteiger partial charge is 0.481 e. The Morgan fingerprint density at radius 3 is 2.32 bits per heavy atom. The van der Waals surface area contributed by atoms with Crippen LogP contribution in [0.2, 0.25) is 0 Å². The van der Waals surface area contributed by atoms with Crippen molar-refractivity contribution in [3.63, 3.8) is 0 Å². The Morgan fingerprint density at radius 2 is 1.82 bits per heavy atom. The first-order chi connectivity index (χ1) is 9.97. The van der Waals surface area contributed by atoms with E-state index in [2.05, 4.69) is 21.2 Å². The van der Waals surface area contributed by atoms with Crippen molar-refractivity contribution in [1.82, 2.24) is 4.90 Å². The molecule has 0 bridgehead atoms. The highest BCUT2D eigenvalue weighted by Gasteiger charge is 2.29. The summed E-state index contributed by atoms with van der Waals surface area (Å²) >= 11 is 3.35. The van der Waals surface area contributed by atoms with Gasteiger partial charge in [0.25, 0.3) is 0 Å². The number of carboxylic acid groups (broad SMARTS) is 1. The SMILES string of the molecule is CC(C(=O)Nc1ccc(Br)cc1)N1CCC(C(=O)O)CC1.Cl. The average Bonchev–Trinajstić information content (AvgIpc) is 2.49. The third-order valence-electron chi connectivity index (χ3n) is 3.92. The minimum Gasteiger partial charge on any atom is -0.481 e. The van der Waals surface area contributed by atoms with Crippen LogP contribution in [0, 0.1) is 5.92 Å². The molecule has 1 aromatic rings. The van der Waals surface area contributed by atoms with Crippen molar-refractivity contribution in [3.05, 3.63) is 28.7 Å². The third-order valence-corrected chi connectivity index (χ3v) is 4.45. The number of nitrogens with zero attached hydrogens (tertiary/aromatic N) is 1. The molecule has 7 heteroatoms. The molecule has 0 radical (unpaired) electrons. The molecular formula is C15H20BrClN2O3. The van der Waals surface area contributed by atoms with E-state index >= 15 is 0 Å². The molecule has 1 aromatic carbocycles. The van der Waals surface area contributed by atoms with E-state index in [0.29, 0.717) is 25.9 Å². The van der Waals surface area contributed by atoms with Gasteiger partial charge in [0.15, 0.2) is 0 Å². The number of hydrogen-bond acceptors (Lipinski definition) is 3. The molecule has 1 atom stereocenters. The normalized spacial score (nSPS) is 17.4. The van der Waals surface area contributed by atoms with E-state index in [4.69, 9.17) is 5.11 Å². The summed E-state index contributed by atoms with van der Waals surface area (Å²) in [6.45, 7) is 3.15. The lowest BCUT2D eigenvalue weighted by molar-refractivity contribution is -0.143. The average molecular weight is 392 g/mol. The minimum absolute atomic E-state index is 0. The molecule has 2 N–H and O–H groups in total. The molecular weight excluding hydrogens is 372 g/mol. The lowest BCUT2D eigenvalue weighted by atomic mass is 9.96. The van der Waals surface area contributed by atoms with Crippen molar-refractivity contribution in [1.29, 1.82) is 0 Å². The van der Waals surface area contributed by atoms with Crippen molar-refractivity contribution in [2.45, 2.75) is 25.8 Å². The zero-order valence-corrected chi connectivity index (χ0v) is 14.7. The highest BCUT2D eigenvalue weighted by atomic mass is 79.9. The molecule has 122 valence electrons. The van der Waals surface area contributed by atoms with Gasteiger partial charge >= 0.3 is 5.97 Å². The van der Waals surface area contributed by atoms with Crippen molar-refractivity contribution < 1.29 is 14.7 Å². The summed E-state index contributed by atoms with van der Waals surface area (Å²) in [7, 11) is 0. The number of carbonyl (C=O) groups is 2. The number of carboxylic acids is 1. The lowest BCUT2D eigenvalue weighted by Gasteiger charge is -2.33. The van der Waals surface area contributed by atoms with E-state index in [9.17, 15) is 9.59 Å². The van der Waals surface area contributed by atoms with Crippen molar-refractivity contribution in [2.24, 2.45) is 5.92 Å². The van der Waals surface area contributed by atoms with Crippen LogP contribution in [0.3, 0.4) is 0 Å². The quantitative estimate of drug-likeness (QED) is 0.828. The molecule has 1 unspecified atom stereocenters. The molecule has 2 rings (SSSR count). The van der Waals surface area contributed by atoms with E-state index in [-0.39, 0.29) is 30.3 Å². The summed E-state index contributed by atoms with van der Waals surface area (Å²) in [5.41, 5.74) is 0.760. The maximum atomic E-state index is 12.2. The van der Waals surface area contributed by atoms with Gasteiger partial charge in [-0.25, -0.2) is 0 Å². The van der Waals surface area contributed by atoms with Gasteiger partial charge in [-0.05, 0) is 57.1 Å². The molecule has 0 spiro atoms. The second kappa shape index (κ2) is 8.50. The zero-order chi connectivity index (χ0) is 15.4. The fourth-order valence-electron chi connectivity index (χ4n) is 2.48. The topological polar surface area (TPSA) is 69.6 Å². The van der Waals surface area contributed by atoms with E-state index in [1.165, 1.54) is 0 Å². The fourth-order valence-corrected chi connectivity index (χ4v) is 2.74. The Hall–Kier alpha value is -1.11. The Morgan fingerprint density at radius 1 is 1.27 bits per heavy atom. The van der Waals surface area contributed by atoms with Gasteiger partial charge in [0, 0.05) is 10.2 Å². The van der Waals surface area contributed by atoms with Crippen LogP contribution in [-0.4, -0.2) is 41.0 Å². The maximum Gasteiger partial charge on any atom is 0.306 e. The van der Waals surface area contributed by atoms with Gasteiger partial charge < -0.3 is 10.4 Å². The number of nitrogens with one attached hydrogen (secondary N) is 1. The van der Waals surface area contributed by atoms with Crippen LogP contribution in [0.5, 0.6) is 0 Å². The Bertz CT molecular complexity index is 516. The number of aliphatic carboxylic acids is 1. The predicted molar refractivity (Wildman–Crippen MR) is 91.4 cm³/mol. The van der Waals surface area contributed by atoms with Crippen LogP contribution in [0.1, 0.15) is 19.8 Å². The van der Waals surface area contributed by atoms with Crippen LogP contribution < -0.4 is 5.32 Å². The monoisotopic (exact) mass is 390 g/mol. The zero-order valence-electron chi connectivity index (χ0n) is 12.3. The number of piperidine rings is 1. The van der Waals surface area contributed by atoms with E-state index < -0.39 is 5.97 Å². The van der Waals surface area contributed by atoms with E-state index in [1.807, 2.05) is 36.1 Å².